The van der Waals surface area contributed by atoms with Gasteiger partial charge in [0, 0.05) is 23.4 Å². The summed E-state index contributed by atoms with van der Waals surface area (Å²) < 4.78 is 0. The Labute approximate surface area is 123 Å². The van der Waals surface area contributed by atoms with Crippen LogP contribution in [0.15, 0.2) is 0 Å². The van der Waals surface area contributed by atoms with Crippen molar-refractivity contribution in [3.05, 3.63) is 0 Å². The van der Waals surface area contributed by atoms with Crippen LogP contribution in [0.3, 0.4) is 0 Å². The van der Waals surface area contributed by atoms with E-state index in [9.17, 15) is 0 Å². The zero-order valence-electron chi connectivity index (χ0n) is 12.5. The molecule has 1 heterocycles. The highest BCUT2D eigenvalue weighted by Crippen LogP contribution is 2.36. The highest BCUT2D eigenvalue weighted by atomic mass is 32.2. The summed E-state index contributed by atoms with van der Waals surface area (Å²) >= 11 is 2.11. The third-order valence-corrected chi connectivity index (χ3v) is 6.78. The van der Waals surface area contributed by atoms with E-state index in [1.165, 1.54) is 77.4 Å². The van der Waals surface area contributed by atoms with Gasteiger partial charge in [0.2, 0.25) is 0 Å². The van der Waals surface area contributed by atoms with E-state index in [2.05, 4.69) is 28.2 Å². The zero-order chi connectivity index (χ0) is 13.1. The second-order valence-electron chi connectivity index (χ2n) is 6.86. The van der Waals surface area contributed by atoms with E-state index in [-0.39, 0.29) is 0 Å². The molecule has 0 aromatic heterocycles. The lowest BCUT2D eigenvalue weighted by Gasteiger charge is -2.42. The van der Waals surface area contributed by atoms with Crippen molar-refractivity contribution in [3.63, 3.8) is 0 Å². The number of nitrogens with one attached hydrogen (secondary N) is 1. The highest BCUT2D eigenvalue weighted by molar-refractivity contribution is 7.99. The largest absolute Gasteiger partial charge is 0.310 e. The van der Waals surface area contributed by atoms with Crippen molar-refractivity contribution >= 4 is 11.8 Å². The van der Waals surface area contributed by atoms with E-state index in [0.717, 1.165) is 11.3 Å². The smallest absolute Gasteiger partial charge is 0.0308 e. The molecule has 0 aromatic carbocycles. The molecule has 3 fully saturated rings. The third kappa shape index (κ3) is 3.14. The molecule has 1 spiro atoms. The van der Waals surface area contributed by atoms with Crippen molar-refractivity contribution in [1.29, 1.82) is 0 Å². The van der Waals surface area contributed by atoms with E-state index < -0.39 is 0 Å². The van der Waals surface area contributed by atoms with Crippen LogP contribution in [0.25, 0.3) is 0 Å². The Morgan fingerprint density at radius 2 is 1.89 bits per heavy atom. The van der Waals surface area contributed by atoms with Crippen molar-refractivity contribution < 1.29 is 0 Å². The molecular formula is C16H30N2S. The van der Waals surface area contributed by atoms with Crippen molar-refractivity contribution in [2.75, 3.05) is 25.9 Å². The summed E-state index contributed by atoms with van der Waals surface area (Å²) in [5, 5.41) is 4.84. The lowest BCUT2D eigenvalue weighted by molar-refractivity contribution is 0.131. The first-order valence-electron chi connectivity index (χ1n) is 8.35. The van der Waals surface area contributed by atoms with Gasteiger partial charge in [0.25, 0.3) is 0 Å². The summed E-state index contributed by atoms with van der Waals surface area (Å²) in [6, 6.07) is 0.869. The van der Waals surface area contributed by atoms with Gasteiger partial charge in [-0.05, 0) is 51.4 Å². The van der Waals surface area contributed by atoms with Crippen molar-refractivity contribution in [3.8, 4) is 0 Å². The number of nitrogens with zero attached hydrogens (tertiary/aromatic N) is 1. The van der Waals surface area contributed by atoms with E-state index in [4.69, 9.17) is 0 Å². The maximum Gasteiger partial charge on any atom is 0.0308 e. The Balaban J connectivity index is 1.70. The van der Waals surface area contributed by atoms with Crippen LogP contribution in [-0.4, -0.2) is 47.6 Å². The van der Waals surface area contributed by atoms with Crippen LogP contribution in [0.4, 0.5) is 0 Å². The van der Waals surface area contributed by atoms with Crippen LogP contribution in [0.1, 0.15) is 57.8 Å². The molecule has 3 aliphatic rings. The third-order valence-electron chi connectivity index (χ3n) is 5.63. The van der Waals surface area contributed by atoms with Gasteiger partial charge < -0.3 is 5.32 Å². The van der Waals surface area contributed by atoms with Gasteiger partial charge in [-0.2, -0.15) is 11.8 Å². The average molecular weight is 282 g/mol. The van der Waals surface area contributed by atoms with Crippen LogP contribution < -0.4 is 5.32 Å². The lowest BCUT2D eigenvalue weighted by Crippen LogP contribution is -2.55. The molecule has 3 heteroatoms. The second kappa shape index (κ2) is 6.36. The van der Waals surface area contributed by atoms with Gasteiger partial charge in [-0.3, -0.25) is 4.90 Å². The molecule has 0 bridgehead atoms. The topological polar surface area (TPSA) is 15.3 Å². The van der Waals surface area contributed by atoms with Gasteiger partial charge in [-0.1, -0.05) is 25.7 Å². The van der Waals surface area contributed by atoms with Crippen LogP contribution in [0.5, 0.6) is 0 Å². The Morgan fingerprint density at radius 1 is 1.05 bits per heavy atom. The predicted molar refractivity (Wildman–Crippen MR) is 85.0 cm³/mol. The van der Waals surface area contributed by atoms with Gasteiger partial charge in [-0.15, -0.1) is 0 Å². The molecule has 2 nitrogen and oxygen atoms in total. The average Bonchev–Trinajstić information content (AvgIpc) is 2.83. The minimum atomic E-state index is 0.473. The maximum absolute atomic E-state index is 3.93. The molecule has 2 atom stereocenters. The Bertz CT molecular complexity index is 288. The molecule has 1 saturated heterocycles. The van der Waals surface area contributed by atoms with Gasteiger partial charge in [0.1, 0.15) is 0 Å². The Morgan fingerprint density at radius 3 is 2.68 bits per heavy atom. The number of hydrogen-bond acceptors (Lipinski definition) is 3. The van der Waals surface area contributed by atoms with Crippen LogP contribution >= 0.6 is 11.8 Å². The first-order valence-corrected chi connectivity index (χ1v) is 9.64. The molecule has 2 unspecified atom stereocenters. The van der Waals surface area contributed by atoms with Crippen LogP contribution in [0.2, 0.25) is 0 Å². The molecule has 1 aliphatic heterocycles. The molecule has 19 heavy (non-hydrogen) atoms. The van der Waals surface area contributed by atoms with Crippen LogP contribution in [0, 0.1) is 0 Å². The molecule has 2 saturated carbocycles. The summed E-state index contributed by atoms with van der Waals surface area (Å²) in [6.07, 6.45) is 15.2. The van der Waals surface area contributed by atoms with Crippen molar-refractivity contribution in [1.82, 2.24) is 10.2 Å². The standard InChI is InChI=1S/C16H30N2S/c1-19-15-8-5-7-14(15)18-12-6-11-17-16(13-18)9-3-2-4-10-16/h14-15,17H,2-13H2,1H3. The van der Waals surface area contributed by atoms with Crippen LogP contribution in [-0.2, 0) is 0 Å². The zero-order valence-corrected chi connectivity index (χ0v) is 13.3. The van der Waals surface area contributed by atoms with Crippen molar-refractivity contribution in [2.45, 2.75) is 74.6 Å². The highest BCUT2D eigenvalue weighted by Gasteiger charge is 2.39. The predicted octanol–water partition coefficient (Wildman–Crippen LogP) is 3.27. The van der Waals surface area contributed by atoms with E-state index >= 15 is 0 Å². The molecule has 2 aliphatic carbocycles. The van der Waals surface area contributed by atoms with Gasteiger partial charge >= 0.3 is 0 Å². The van der Waals surface area contributed by atoms with E-state index in [1.54, 1.807) is 0 Å². The molecule has 1 N–H and O–H groups in total. The van der Waals surface area contributed by atoms with Gasteiger partial charge in [0.15, 0.2) is 0 Å². The van der Waals surface area contributed by atoms with E-state index in [0.29, 0.717) is 5.54 Å². The lowest BCUT2D eigenvalue weighted by atomic mass is 9.81. The minimum Gasteiger partial charge on any atom is -0.310 e. The van der Waals surface area contributed by atoms with Gasteiger partial charge in [-0.25, -0.2) is 0 Å². The number of thioether (sulfide) groups is 1. The monoisotopic (exact) mass is 282 g/mol. The summed E-state index contributed by atoms with van der Waals surface area (Å²) in [7, 11) is 0. The molecule has 0 amide bonds. The van der Waals surface area contributed by atoms with Gasteiger partial charge in [0.05, 0.1) is 0 Å². The molecule has 0 aromatic rings. The molecular weight excluding hydrogens is 252 g/mol. The fourth-order valence-corrected chi connectivity index (χ4v) is 5.63. The summed E-state index contributed by atoms with van der Waals surface area (Å²) in [5.41, 5.74) is 0.473. The normalized spacial score (nSPS) is 36.5. The molecule has 0 radical (unpaired) electrons. The fourth-order valence-electron chi connectivity index (χ4n) is 4.61. The fraction of sp³-hybridized carbons (Fsp3) is 1.00. The number of rotatable bonds is 2. The first-order chi connectivity index (χ1) is 9.33. The maximum atomic E-state index is 3.93. The van der Waals surface area contributed by atoms with E-state index in [1.807, 2.05) is 0 Å². The number of hydrogen-bond donors (Lipinski definition) is 1. The van der Waals surface area contributed by atoms with Crippen molar-refractivity contribution in [2.24, 2.45) is 0 Å². The second-order valence-corrected chi connectivity index (χ2v) is 7.94. The summed E-state index contributed by atoms with van der Waals surface area (Å²) in [5.74, 6) is 0. The first kappa shape index (κ1) is 14.2. The quantitative estimate of drug-likeness (QED) is 0.837. The SMILES string of the molecule is CSC1CCCC1N1CCCNC2(CCCCC2)C1. The summed E-state index contributed by atoms with van der Waals surface area (Å²) in [4.78, 5) is 2.87. The molecule has 3 rings (SSSR count). The molecule has 110 valence electrons. The Kier molecular flexibility index (Phi) is 4.76. The summed E-state index contributed by atoms with van der Waals surface area (Å²) in [6.45, 7) is 3.90. The Hall–Kier alpha value is 0.270. The minimum absolute atomic E-state index is 0.473.